The van der Waals surface area contributed by atoms with Crippen molar-refractivity contribution in [2.75, 3.05) is 26.2 Å². The first-order chi connectivity index (χ1) is 12.4. The van der Waals surface area contributed by atoms with Gasteiger partial charge in [0.05, 0.1) is 10.9 Å². The number of carbonyl (C=O) groups is 1. The molecule has 0 aliphatic carbocycles. The number of rotatable bonds is 5. The number of benzene rings is 1. The lowest BCUT2D eigenvalue weighted by Crippen LogP contribution is -2.46. The van der Waals surface area contributed by atoms with E-state index in [2.05, 4.69) is 10.6 Å². The summed E-state index contributed by atoms with van der Waals surface area (Å²) in [6, 6.07) is 5.45. The Kier molecular flexibility index (Phi) is 7.68. The molecule has 0 aromatic heterocycles. The Hall–Kier alpha value is -1.15. The number of nitrogens with one attached hydrogen (secondary N) is 2. The Bertz CT molecular complexity index is 763. The predicted octanol–water partition coefficient (Wildman–Crippen LogP) is 1.99. The maximum absolute atomic E-state index is 13.1. The highest BCUT2D eigenvalue weighted by Crippen LogP contribution is 2.26. The fraction of sp³-hybridized carbons (Fsp3) is 0.632. The van der Waals surface area contributed by atoms with Crippen LogP contribution in [0.15, 0.2) is 23.1 Å². The van der Waals surface area contributed by atoms with Gasteiger partial charge in [0.1, 0.15) is 0 Å². The molecular weight excluding hydrogens is 386 g/mol. The quantitative estimate of drug-likeness (QED) is 0.770. The number of halogens is 1. The van der Waals surface area contributed by atoms with Crippen LogP contribution in [-0.2, 0) is 14.8 Å². The minimum Gasteiger partial charge on any atom is -0.354 e. The summed E-state index contributed by atoms with van der Waals surface area (Å²) in [5, 5.41) is 6.20. The maximum atomic E-state index is 13.1. The molecule has 2 saturated heterocycles. The van der Waals surface area contributed by atoms with E-state index in [0.717, 1.165) is 43.4 Å². The number of hydrogen-bond donors (Lipinski definition) is 2. The molecule has 1 aromatic rings. The normalized spacial score (nSPS) is 23.6. The molecule has 8 heteroatoms. The average Bonchev–Trinajstić information content (AvgIpc) is 3.16. The molecule has 3 rings (SSSR count). The molecule has 2 atom stereocenters. The molecule has 27 heavy (non-hydrogen) atoms. The van der Waals surface area contributed by atoms with E-state index in [1.54, 1.807) is 10.4 Å². The minimum absolute atomic E-state index is 0. The number of nitrogens with zero attached hydrogens (tertiary/aromatic N) is 1. The van der Waals surface area contributed by atoms with Gasteiger partial charge in [-0.05, 0) is 69.2 Å². The van der Waals surface area contributed by atoms with Gasteiger partial charge in [0.2, 0.25) is 15.9 Å². The van der Waals surface area contributed by atoms with Crippen LogP contribution in [0, 0.1) is 19.8 Å². The highest BCUT2D eigenvalue weighted by Gasteiger charge is 2.32. The fourth-order valence-corrected chi connectivity index (χ4v) is 5.68. The first-order valence-corrected chi connectivity index (χ1v) is 10.9. The molecule has 2 aliphatic heterocycles. The van der Waals surface area contributed by atoms with E-state index < -0.39 is 10.0 Å². The molecule has 1 amide bonds. The van der Waals surface area contributed by atoms with Crippen LogP contribution in [0.25, 0.3) is 0 Å². The average molecular weight is 416 g/mol. The second kappa shape index (κ2) is 9.37. The largest absolute Gasteiger partial charge is 0.354 e. The Labute approximate surface area is 168 Å². The van der Waals surface area contributed by atoms with E-state index in [9.17, 15) is 13.2 Å². The number of hydrogen-bond acceptors (Lipinski definition) is 4. The lowest BCUT2D eigenvalue weighted by molar-refractivity contribution is -0.123. The van der Waals surface area contributed by atoms with Gasteiger partial charge in [0.15, 0.2) is 0 Å². The molecular formula is C19H30ClN3O3S. The Morgan fingerprint density at radius 3 is 2.74 bits per heavy atom. The Morgan fingerprint density at radius 1 is 1.26 bits per heavy atom. The summed E-state index contributed by atoms with van der Waals surface area (Å²) in [5.74, 6) is 0.200. The number of amides is 1. The SMILES string of the molecule is Cc1ccc(C)c(S(=O)(=O)N2CCCC(CNC(=O)C3CCCN3)C2)c1.Cl. The van der Waals surface area contributed by atoms with Gasteiger partial charge in [-0.25, -0.2) is 8.42 Å². The van der Waals surface area contributed by atoms with E-state index in [4.69, 9.17) is 0 Å². The van der Waals surface area contributed by atoms with Crippen molar-refractivity contribution in [3.05, 3.63) is 29.3 Å². The van der Waals surface area contributed by atoms with Crippen LogP contribution in [0.2, 0.25) is 0 Å². The molecule has 2 aliphatic rings. The van der Waals surface area contributed by atoms with E-state index >= 15 is 0 Å². The third kappa shape index (κ3) is 5.22. The molecule has 0 bridgehead atoms. The molecule has 2 unspecified atom stereocenters. The van der Waals surface area contributed by atoms with E-state index in [0.29, 0.717) is 24.5 Å². The highest BCUT2D eigenvalue weighted by atomic mass is 35.5. The van der Waals surface area contributed by atoms with Gasteiger partial charge in [-0.1, -0.05) is 12.1 Å². The zero-order chi connectivity index (χ0) is 18.7. The zero-order valence-electron chi connectivity index (χ0n) is 16.0. The van der Waals surface area contributed by atoms with Crippen LogP contribution in [0.3, 0.4) is 0 Å². The van der Waals surface area contributed by atoms with Crippen molar-refractivity contribution in [3.63, 3.8) is 0 Å². The summed E-state index contributed by atoms with van der Waals surface area (Å²) >= 11 is 0. The second-order valence-electron chi connectivity index (χ2n) is 7.53. The Morgan fingerprint density at radius 2 is 2.04 bits per heavy atom. The van der Waals surface area contributed by atoms with Crippen molar-refractivity contribution in [2.45, 2.75) is 50.5 Å². The maximum Gasteiger partial charge on any atom is 0.243 e. The van der Waals surface area contributed by atoms with Gasteiger partial charge in [0, 0.05) is 19.6 Å². The van der Waals surface area contributed by atoms with Crippen LogP contribution in [0.5, 0.6) is 0 Å². The molecule has 2 fully saturated rings. The second-order valence-corrected chi connectivity index (χ2v) is 9.44. The molecule has 0 radical (unpaired) electrons. The smallest absolute Gasteiger partial charge is 0.243 e. The third-order valence-electron chi connectivity index (χ3n) is 5.38. The molecule has 2 heterocycles. The van der Waals surface area contributed by atoms with Crippen molar-refractivity contribution < 1.29 is 13.2 Å². The summed E-state index contributed by atoms with van der Waals surface area (Å²) in [6.07, 6.45) is 3.68. The van der Waals surface area contributed by atoms with Gasteiger partial charge in [-0.2, -0.15) is 4.31 Å². The summed E-state index contributed by atoms with van der Waals surface area (Å²) in [7, 11) is -3.49. The monoisotopic (exact) mass is 415 g/mol. The summed E-state index contributed by atoms with van der Waals surface area (Å²) < 4.78 is 27.7. The number of aryl methyl sites for hydroxylation is 2. The van der Waals surface area contributed by atoms with Gasteiger partial charge >= 0.3 is 0 Å². The van der Waals surface area contributed by atoms with Crippen LogP contribution in [0.4, 0.5) is 0 Å². The third-order valence-corrected chi connectivity index (χ3v) is 7.39. The predicted molar refractivity (Wildman–Crippen MR) is 109 cm³/mol. The summed E-state index contributed by atoms with van der Waals surface area (Å²) in [5.41, 5.74) is 1.72. The van der Waals surface area contributed by atoms with Crippen LogP contribution >= 0.6 is 12.4 Å². The minimum atomic E-state index is -3.49. The van der Waals surface area contributed by atoms with Crippen molar-refractivity contribution in [3.8, 4) is 0 Å². The van der Waals surface area contributed by atoms with Crippen molar-refractivity contribution in [1.82, 2.24) is 14.9 Å². The summed E-state index contributed by atoms with van der Waals surface area (Å²) in [6.45, 7) is 6.18. The number of sulfonamides is 1. The lowest BCUT2D eigenvalue weighted by atomic mass is 9.99. The van der Waals surface area contributed by atoms with E-state index in [1.807, 2.05) is 26.0 Å². The van der Waals surface area contributed by atoms with Crippen molar-refractivity contribution >= 4 is 28.3 Å². The van der Waals surface area contributed by atoms with Crippen LogP contribution < -0.4 is 10.6 Å². The lowest BCUT2D eigenvalue weighted by Gasteiger charge is -2.32. The first-order valence-electron chi connectivity index (χ1n) is 9.46. The van der Waals surface area contributed by atoms with Gasteiger partial charge < -0.3 is 10.6 Å². The molecule has 0 saturated carbocycles. The standard InChI is InChI=1S/C19H29N3O3S.ClH/c1-14-7-8-15(2)18(11-14)26(24,25)22-10-4-5-16(13-22)12-21-19(23)17-6-3-9-20-17;/h7-8,11,16-17,20H,3-6,9-10,12-13H2,1-2H3,(H,21,23);1H. The van der Waals surface area contributed by atoms with Crippen molar-refractivity contribution in [2.24, 2.45) is 5.92 Å². The van der Waals surface area contributed by atoms with Crippen LogP contribution in [0.1, 0.15) is 36.8 Å². The van der Waals surface area contributed by atoms with Gasteiger partial charge in [0.25, 0.3) is 0 Å². The molecule has 0 spiro atoms. The molecule has 152 valence electrons. The first kappa shape index (κ1) is 22.1. The molecule has 6 nitrogen and oxygen atoms in total. The van der Waals surface area contributed by atoms with Crippen molar-refractivity contribution in [1.29, 1.82) is 0 Å². The fourth-order valence-electron chi connectivity index (χ4n) is 3.81. The number of piperidine rings is 1. The molecule has 2 N–H and O–H groups in total. The van der Waals surface area contributed by atoms with E-state index in [1.165, 1.54) is 0 Å². The number of carbonyl (C=O) groups excluding carboxylic acids is 1. The Balaban J connectivity index is 0.00000261. The zero-order valence-corrected chi connectivity index (χ0v) is 17.7. The topological polar surface area (TPSA) is 78.5 Å². The summed E-state index contributed by atoms with van der Waals surface area (Å²) in [4.78, 5) is 12.6. The van der Waals surface area contributed by atoms with Gasteiger partial charge in [-0.3, -0.25) is 4.79 Å². The van der Waals surface area contributed by atoms with Gasteiger partial charge in [-0.15, -0.1) is 12.4 Å². The van der Waals surface area contributed by atoms with Crippen LogP contribution in [-0.4, -0.2) is 50.9 Å². The molecule has 1 aromatic carbocycles. The highest BCUT2D eigenvalue weighted by molar-refractivity contribution is 7.89. The van der Waals surface area contributed by atoms with E-state index in [-0.39, 0.29) is 30.3 Å².